The van der Waals surface area contributed by atoms with E-state index in [1.165, 1.54) is 0 Å². The van der Waals surface area contributed by atoms with Crippen molar-refractivity contribution < 1.29 is 4.79 Å². The van der Waals surface area contributed by atoms with Gasteiger partial charge in [0.25, 0.3) is 0 Å². The zero-order chi connectivity index (χ0) is 16.7. The van der Waals surface area contributed by atoms with Gasteiger partial charge >= 0.3 is 0 Å². The minimum Gasteiger partial charge on any atom is -0.340 e. The molecular weight excluding hydrogens is 354 g/mol. The van der Waals surface area contributed by atoms with Gasteiger partial charge in [0.15, 0.2) is 0 Å². The number of carbonyl (C=O) groups excluding carboxylic acids is 1. The molecule has 128 valence electrons. The summed E-state index contributed by atoms with van der Waals surface area (Å²) in [4.78, 5) is 16.9. The van der Waals surface area contributed by atoms with Crippen LogP contribution in [0.4, 0.5) is 0 Å². The molecule has 5 heteroatoms. The predicted octanol–water partition coefficient (Wildman–Crippen LogP) is 2.87. The maximum absolute atomic E-state index is 12.6. The van der Waals surface area contributed by atoms with Crippen LogP contribution in [0.3, 0.4) is 0 Å². The second-order valence-electron chi connectivity index (χ2n) is 6.29. The number of halogens is 1. The second-order valence-corrected chi connectivity index (χ2v) is 7.15. The number of hydrogen-bond donors (Lipinski definition) is 1. The monoisotopic (exact) mass is 381 g/mol. The van der Waals surface area contributed by atoms with E-state index in [0.29, 0.717) is 19.1 Å². The molecule has 1 heterocycles. The van der Waals surface area contributed by atoms with Crippen LogP contribution >= 0.6 is 15.9 Å². The topological polar surface area (TPSA) is 35.6 Å². The van der Waals surface area contributed by atoms with Crippen molar-refractivity contribution in [3.05, 3.63) is 34.3 Å². The number of rotatable bonds is 7. The lowest BCUT2D eigenvalue weighted by Gasteiger charge is -2.35. The summed E-state index contributed by atoms with van der Waals surface area (Å²) >= 11 is 3.56. The van der Waals surface area contributed by atoms with Crippen LogP contribution in [0.1, 0.15) is 31.7 Å². The van der Waals surface area contributed by atoms with E-state index in [-0.39, 0.29) is 5.91 Å². The molecule has 0 spiro atoms. The van der Waals surface area contributed by atoms with Gasteiger partial charge in [0.05, 0.1) is 6.54 Å². The normalized spacial score (nSPS) is 15.8. The first-order valence-corrected chi connectivity index (χ1v) is 9.33. The van der Waals surface area contributed by atoms with Crippen molar-refractivity contribution in [3.63, 3.8) is 0 Å². The Morgan fingerprint density at radius 3 is 2.65 bits per heavy atom. The van der Waals surface area contributed by atoms with Gasteiger partial charge in [-0.05, 0) is 50.5 Å². The van der Waals surface area contributed by atoms with Crippen molar-refractivity contribution in [1.82, 2.24) is 15.1 Å². The fourth-order valence-electron chi connectivity index (χ4n) is 3.11. The molecule has 1 fully saturated rings. The zero-order valence-corrected chi connectivity index (χ0v) is 15.8. The fourth-order valence-corrected chi connectivity index (χ4v) is 3.52. The van der Waals surface area contributed by atoms with Gasteiger partial charge in [0, 0.05) is 24.1 Å². The van der Waals surface area contributed by atoms with Crippen LogP contribution in [0.5, 0.6) is 0 Å². The summed E-state index contributed by atoms with van der Waals surface area (Å²) in [6, 6.07) is 8.63. The number of nitrogens with zero attached hydrogens (tertiary/aromatic N) is 2. The zero-order valence-electron chi connectivity index (χ0n) is 14.2. The first kappa shape index (κ1) is 18.4. The highest BCUT2D eigenvalue weighted by Crippen LogP contribution is 2.18. The molecular formula is C18H28BrN3O. The van der Waals surface area contributed by atoms with E-state index in [0.717, 1.165) is 48.9 Å². The SMILES string of the molecule is CCCN(CC(=O)N(C)Cc1ccccc1Br)C1CCNCC1. The highest BCUT2D eigenvalue weighted by Gasteiger charge is 2.23. The summed E-state index contributed by atoms with van der Waals surface area (Å²) < 4.78 is 1.06. The van der Waals surface area contributed by atoms with Gasteiger partial charge in [-0.3, -0.25) is 9.69 Å². The predicted molar refractivity (Wildman–Crippen MR) is 98.4 cm³/mol. The summed E-state index contributed by atoms with van der Waals surface area (Å²) in [5, 5.41) is 3.40. The molecule has 1 N–H and O–H groups in total. The first-order chi connectivity index (χ1) is 11.1. The van der Waals surface area contributed by atoms with Gasteiger partial charge in [0.2, 0.25) is 5.91 Å². The Morgan fingerprint density at radius 2 is 2.00 bits per heavy atom. The van der Waals surface area contributed by atoms with Crippen molar-refractivity contribution in [2.24, 2.45) is 0 Å². The lowest BCUT2D eigenvalue weighted by molar-refractivity contribution is -0.132. The molecule has 1 aromatic carbocycles. The summed E-state index contributed by atoms with van der Waals surface area (Å²) in [6.45, 7) is 6.48. The van der Waals surface area contributed by atoms with Crippen LogP contribution < -0.4 is 5.32 Å². The summed E-state index contributed by atoms with van der Waals surface area (Å²) in [6.07, 6.45) is 3.37. The third kappa shape index (κ3) is 5.59. The van der Waals surface area contributed by atoms with Gasteiger partial charge in [0.1, 0.15) is 0 Å². The minimum atomic E-state index is 0.202. The molecule has 1 aliphatic heterocycles. The molecule has 1 aliphatic rings. The van der Waals surface area contributed by atoms with Crippen molar-refractivity contribution in [2.75, 3.05) is 33.2 Å². The Bertz CT molecular complexity index is 503. The van der Waals surface area contributed by atoms with Crippen LogP contribution in [-0.2, 0) is 11.3 Å². The number of nitrogens with one attached hydrogen (secondary N) is 1. The molecule has 1 amide bonds. The molecule has 1 aromatic rings. The smallest absolute Gasteiger partial charge is 0.236 e. The Morgan fingerprint density at radius 1 is 1.30 bits per heavy atom. The number of piperidine rings is 1. The Kier molecular flexibility index (Phi) is 7.53. The van der Waals surface area contributed by atoms with Crippen molar-refractivity contribution in [3.8, 4) is 0 Å². The quantitative estimate of drug-likeness (QED) is 0.788. The van der Waals surface area contributed by atoms with Crippen molar-refractivity contribution in [2.45, 2.75) is 38.8 Å². The molecule has 1 saturated heterocycles. The summed E-state index contributed by atoms with van der Waals surface area (Å²) in [5.74, 6) is 0.202. The minimum absolute atomic E-state index is 0.202. The van der Waals surface area contributed by atoms with E-state index >= 15 is 0 Å². The van der Waals surface area contributed by atoms with Gasteiger partial charge in [-0.2, -0.15) is 0 Å². The summed E-state index contributed by atoms with van der Waals surface area (Å²) in [5.41, 5.74) is 1.15. The lowest BCUT2D eigenvalue weighted by Crippen LogP contribution is -2.47. The molecule has 0 saturated carbocycles. The number of amides is 1. The van der Waals surface area contributed by atoms with Crippen LogP contribution in [0.2, 0.25) is 0 Å². The van der Waals surface area contributed by atoms with Gasteiger partial charge in [-0.1, -0.05) is 41.1 Å². The third-order valence-electron chi connectivity index (χ3n) is 4.47. The molecule has 0 aliphatic carbocycles. The average molecular weight is 382 g/mol. The average Bonchev–Trinajstić information content (AvgIpc) is 2.57. The van der Waals surface area contributed by atoms with Gasteiger partial charge in [-0.25, -0.2) is 0 Å². The number of carbonyl (C=O) groups is 1. The number of hydrogen-bond acceptors (Lipinski definition) is 3. The molecule has 0 atom stereocenters. The van der Waals surface area contributed by atoms with E-state index in [1.807, 2.05) is 30.1 Å². The molecule has 23 heavy (non-hydrogen) atoms. The van der Waals surface area contributed by atoms with E-state index in [1.54, 1.807) is 0 Å². The number of benzene rings is 1. The molecule has 0 aromatic heterocycles. The van der Waals surface area contributed by atoms with Crippen LogP contribution in [0.25, 0.3) is 0 Å². The van der Waals surface area contributed by atoms with Crippen LogP contribution in [-0.4, -0.2) is 55.0 Å². The molecule has 0 bridgehead atoms. The van der Waals surface area contributed by atoms with Gasteiger partial charge < -0.3 is 10.2 Å². The standard InChI is InChI=1S/C18H28BrN3O/c1-3-12-22(16-8-10-20-11-9-16)14-18(23)21(2)13-15-6-4-5-7-17(15)19/h4-7,16,20H,3,8-14H2,1-2H3. The van der Waals surface area contributed by atoms with Crippen molar-refractivity contribution >= 4 is 21.8 Å². The Labute approximate surface area is 148 Å². The first-order valence-electron chi connectivity index (χ1n) is 8.54. The Balaban J connectivity index is 1.93. The highest BCUT2D eigenvalue weighted by molar-refractivity contribution is 9.10. The maximum atomic E-state index is 12.6. The van der Waals surface area contributed by atoms with Crippen LogP contribution in [0.15, 0.2) is 28.7 Å². The van der Waals surface area contributed by atoms with E-state index < -0.39 is 0 Å². The van der Waals surface area contributed by atoms with E-state index in [2.05, 4.69) is 39.1 Å². The molecule has 4 nitrogen and oxygen atoms in total. The van der Waals surface area contributed by atoms with Crippen molar-refractivity contribution in [1.29, 1.82) is 0 Å². The summed E-state index contributed by atoms with van der Waals surface area (Å²) in [7, 11) is 1.90. The molecule has 0 radical (unpaired) electrons. The fraction of sp³-hybridized carbons (Fsp3) is 0.611. The maximum Gasteiger partial charge on any atom is 0.236 e. The lowest BCUT2D eigenvalue weighted by atomic mass is 10.0. The third-order valence-corrected chi connectivity index (χ3v) is 5.24. The van der Waals surface area contributed by atoms with Gasteiger partial charge in [-0.15, -0.1) is 0 Å². The van der Waals surface area contributed by atoms with Crippen LogP contribution in [0, 0.1) is 0 Å². The van der Waals surface area contributed by atoms with E-state index in [4.69, 9.17) is 0 Å². The Hall–Kier alpha value is -0.910. The molecule has 0 unspecified atom stereocenters. The number of likely N-dealkylation sites (N-methyl/N-ethyl adjacent to an activating group) is 1. The largest absolute Gasteiger partial charge is 0.340 e. The van der Waals surface area contributed by atoms with E-state index in [9.17, 15) is 4.79 Å². The highest BCUT2D eigenvalue weighted by atomic mass is 79.9. The second kappa shape index (κ2) is 9.40. The molecule has 2 rings (SSSR count).